The van der Waals surface area contributed by atoms with Gasteiger partial charge in [0.2, 0.25) is 5.91 Å². The van der Waals surface area contributed by atoms with Crippen LogP contribution in [0.3, 0.4) is 0 Å². The molecule has 0 unspecified atom stereocenters. The highest BCUT2D eigenvalue weighted by molar-refractivity contribution is 9.10. The number of carbonyl (C=O) groups is 3. The van der Waals surface area contributed by atoms with Gasteiger partial charge in [-0.3, -0.25) is 14.5 Å². The summed E-state index contributed by atoms with van der Waals surface area (Å²) in [5.41, 5.74) is 0.190. The molecule has 7 heteroatoms. The number of hydrogen-bond acceptors (Lipinski definition) is 3. The number of rotatable bonds is 4. The second-order valence-electron chi connectivity index (χ2n) is 6.81. The zero-order chi connectivity index (χ0) is 18.0. The molecule has 0 atom stereocenters. The Morgan fingerprint density at radius 1 is 1.24 bits per heavy atom. The van der Waals surface area contributed by atoms with Gasteiger partial charge in [0, 0.05) is 18.1 Å². The molecular formula is C18H22BrN3O3. The van der Waals surface area contributed by atoms with Gasteiger partial charge in [0.1, 0.15) is 12.1 Å². The van der Waals surface area contributed by atoms with Crippen molar-refractivity contribution in [3.05, 3.63) is 34.3 Å². The van der Waals surface area contributed by atoms with E-state index < -0.39 is 11.6 Å². The fourth-order valence-electron chi connectivity index (χ4n) is 3.54. The number of urea groups is 1. The van der Waals surface area contributed by atoms with Crippen LogP contribution in [-0.2, 0) is 16.1 Å². The Morgan fingerprint density at radius 3 is 2.60 bits per heavy atom. The first kappa shape index (κ1) is 17.9. The van der Waals surface area contributed by atoms with E-state index in [4.69, 9.17) is 0 Å². The van der Waals surface area contributed by atoms with Crippen LogP contribution < -0.4 is 5.32 Å². The summed E-state index contributed by atoms with van der Waals surface area (Å²) < 4.78 is 0.922. The summed E-state index contributed by atoms with van der Waals surface area (Å²) in [6.45, 7) is 0.197. The normalized spacial score (nSPS) is 19.2. The molecule has 1 aliphatic carbocycles. The van der Waals surface area contributed by atoms with Crippen molar-refractivity contribution >= 4 is 33.8 Å². The maximum Gasteiger partial charge on any atom is 0.325 e. The fourth-order valence-corrected chi connectivity index (χ4v) is 3.95. The molecule has 4 amide bonds. The SMILES string of the molecule is CN(Cc1ccccc1Br)C(=O)CN1C(=O)NC2(CCCCC2)C1=O. The molecule has 1 aromatic rings. The molecule has 2 fully saturated rings. The highest BCUT2D eigenvalue weighted by atomic mass is 79.9. The largest absolute Gasteiger partial charge is 0.340 e. The first-order chi connectivity index (χ1) is 11.9. The molecule has 1 N–H and O–H groups in total. The number of nitrogens with one attached hydrogen (secondary N) is 1. The third-order valence-electron chi connectivity index (χ3n) is 5.04. The van der Waals surface area contributed by atoms with E-state index in [-0.39, 0.29) is 18.4 Å². The summed E-state index contributed by atoms with van der Waals surface area (Å²) >= 11 is 3.46. The van der Waals surface area contributed by atoms with E-state index in [9.17, 15) is 14.4 Å². The summed E-state index contributed by atoms with van der Waals surface area (Å²) in [7, 11) is 1.68. The molecule has 1 heterocycles. The average molecular weight is 408 g/mol. The highest BCUT2D eigenvalue weighted by Crippen LogP contribution is 2.33. The topological polar surface area (TPSA) is 69.7 Å². The van der Waals surface area contributed by atoms with Crippen LogP contribution >= 0.6 is 15.9 Å². The number of hydrogen-bond donors (Lipinski definition) is 1. The number of benzene rings is 1. The van der Waals surface area contributed by atoms with E-state index in [0.717, 1.165) is 34.2 Å². The van der Waals surface area contributed by atoms with Gasteiger partial charge in [0.25, 0.3) is 5.91 Å². The lowest BCUT2D eigenvalue weighted by atomic mass is 9.82. The van der Waals surface area contributed by atoms with Crippen molar-refractivity contribution in [3.8, 4) is 0 Å². The maximum absolute atomic E-state index is 12.7. The molecule has 3 rings (SSSR count). The quantitative estimate of drug-likeness (QED) is 0.779. The van der Waals surface area contributed by atoms with Gasteiger partial charge in [-0.25, -0.2) is 4.79 Å². The molecule has 0 bridgehead atoms. The predicted octanol–water partition coefficient (Wildman–Crippen LogP) is 2.66. The molecule has 134 valence electrons. The molecule has 0 aromatic heterocycles. The summed E-state index contributed by atoms with van der Waals surface area (Å²) in [5.74, 6) is -0.507. The molecule has 2 aliphatic rings. The molecule has 1 aliphatic heterocycles. The monoisotopic (exact) mass is 407 g/mol. The molecule has 25 heavy (non-hydrogen) atoms. The molecule has 1 spiro atoms. The number of carbonyl (C=O) groups excluding carboxylic acids is 3. The van der Waals surface area contributed by atoms with Crippen molar-refractivity contribution < 1.29 is 14.4 Å². The summed E-state index contributed by atoms with van der Waals surface area (Å²) in [5, 5.41) is 2.83. The predicted molar refractivity (Wildman–Crippen MR) is 96.7 cm³/mol. The van der Waals surface area contributed by atoms with Gasteiger partial charge in [0.15, 0.2) is 0 Å². The van der Waals surface area contributed by atoms with Gasteiger partial charge >= 0.3 is 6.03 Å². The third kappa shape index (κ3) is 3.56. The van der Waals surface area contributed by atoms with E-state index in [1.165, 1.54) is 4.90 Å². The van der Waals surface area contributed by atoms with E-state index in [1.807, 2.05) is 24.3 Å². The lowest BCUT2D eigenvalue weighted by Crippen LogP contribution is -2.49. The third-order valence-corrected chi connectivity index (χ3v) is 5.81. The van der Waals surface area contributed by atoms with Crippen molar-refractivity contribution in [2.45, 2.75) is 44.2 Å². The minimum absolute atomic E-state index is 0.215. The number of imide groups is 1. The van der Waals surface area contributed by atoms with Crippen LogP contribution in [0.4, 0.5) is 4.79 Å². The van der Waals surface area contributed by atoms with Crippen molar-refractivity contribution in [3.63, 3.8) is 0 Å². The Bertz CT molecular complexity index is 701. The lowest BCUT2D eigenvalue weighted by Gasteiger charge is -2.30. The second-order valence-corrected chi connectivity index (χ2v) is 7.66. The molecule has 1 saturated carbocycles. The molecule has 6 nitrogen and oxygen atoms in total. The van der Waals surface area contributed by atoms with Gasteiger partial charge in [-0.1, -0.05) is 53.4 Å². The standard InChI is InChI=1S/C18H22BrN3O3/c1-21(11-13-7-3-4-8-14(13)19)15(23)12-22-16(24)18(20-17(22)25)9-5-2-6-10-18/h3-4,7-8H,2,5-6,9-12H2,1H3,(H,20,25). The number of halogens is 1. The summed E-state index contributed by atoms with van der Waals surface area (Å²) in [6.07, 6.45) is 4.26. The van der Waals surface area contributed by atoms with E-state index in [0.29, 0.717) is 19.4 Å². The molecular weight excluding hydrogens is 386 g/mol. The smallest absolute Gasteiger partial charge is 0.325 e. The van der Waals surface area contributed by atoms with Crippen LogP contribution in [0.25, 0.3) is 0 Å². The van der Waals surface area contributed by atoms with E-state index in [1.54, 1.807) is 7.05 Å². The van der Waals surface area contributed by atoms with E-state index >= 15 is 0 Å². The summed E-state index contributed by atoms with van der Waals surface area (Å²) in [6, 6.07) is 7.21. The Balaban J connectivity index is 1.65. The van der Waals surface area contributed by atoms with Gasteiger partial charge in [-0.15, -0.1) is 0 Å². The first-order valence-corrected chi connectivity index (χ1v) is 9.34. The van der Waals surface area contributed by atoms with Crippen LogP contribution in [0, 0.1) is 0 Å². The van der Waals surface area contributed by atoms with Crippen molar-refractivity contribution in [2.75, 3.05) is 13.6 Å². The number of likely N-dealkylation sites (N-methyl/N-ethyl adjacent to an activating group) is 1. The molecule has 1 aromatic carbocycles. The minimum atomic E-state index is -0.781. The Labute approximate surface area is 155 Å². The molecule has 0 radical (unpaired) electrons. The first-order valence-electron chi connectivity index (χ1n) is 8.54. The average Bonchev–Trinajstić information content (AvgIpc) is 2.81. The highest BCUT2D eigenvalue weighted by Gasteiger charge is 2.51. The molecule has 1 saturated heterocycles. The number of nitrogens with zero attached hydrogens (tertiary/aromatic N) is 2. The summed E-state index contributed by atoms with van der Waals surface area (Å²) in [4.78, 5) is 40.1. The van der Waals surface area contributed by atoms with Gasteiger partial charge in [0.05, 0.1) is 0 Å². The van der Waals surface area contributed by atoms with Crippen molar-refractivity contribution in [2.24, 2.45) is 0 Å². The Kier molecular flexibility index (Phi) is 5.13. The van der Waals surface area contributed by atoms with Crippen molar-refractivity contribution in [1.82, 2.24) is 15.1 Å². The Hall–Kier alpha value is -1.89. The van der Waals surface area contributed by atoms with Crippen molar-refractivity contribution in [1.29, 1.82) is 0 Å². The minimum Gasteiger partial charge on any atom is -0.340 e. The Morgan fingerprint density at radius 2 is 1.92 bits per heavy atom. The van der Waals surface area contributed by atoms with Gasteiger partial charge < -0.3 is 10.2 Å². The van der Waals surface area contributed by atoms with Crippen LogP contribution in [0.1, 0.15) is 37.7 Å². The number of amides is 4. The lowest BCUT2D eigenvalue weighted by molar-refractivity contribution is -0.139. The van der Waals surface area contributed by atoms with Gasteiger partial charge in [-0.2, -0.15) is 0 Å². The van der Waals surface area contributed by atoms with Crippen LogP contribution in [0.2, 0.25) is 0 Å². The van der Waals surface area contributed by atoms with Crippen LogP contribution in [0.15, 0.2) is 28.7 Å². The maximum atomic E-state index is 12.7. The van der Waals surface area contributed by atoms with Gasteiger partial charge in [-0.05, 0) is 24.5 Å². The van der Waals surface area contributed by atoms with Crippen LogP contribution in [0.5, 0.6) is 0 Å². The van der Waals surface area contributed by atoms with E-state index in [2.05, 4.69) is 21.2 Å². The zero-order valence-corrected chi connectivity index (χ0v) is 15.8. The zero-order valence-electron chi connectivity index (χ0n) is 14.3. The fraction of sp³-hybridized carbons (Fsp3) is 0.500. The second kappa shape index (κ2) is 7.15. The van der Waals surface area contributed by atoms with Crippen LogP contribution in [-0.4, -0.2) is 46.8 Å².